The molecule has 6 rings (SSSR count). The van der Waals surface area contributed by atoms with E-state index in [0.717, 1.165) is 57.3 Å². The molecule has 1 aliphatic carbocycles. The van der Waals surface area contributed by atoms with Gasteiger partial charge in [0.25, 0.3) is 5.56 Å². The van der Waals surface area contributed by atoms with Crippen molar-refractivity contribution in [3.63, 3.8) is 0 Å². The van der Waals surface area contributed by atoms with Gasteiger partial charge < -0.3 is 5.73 Å². The lowest BCUT2D eigenvalue weighted by molar-refractivity contribution is 0.776. The van der Waals surface area contributed by atoms with E-state index in [1.165, 1.54) is 5.56 Å². The summed E-state index contributed by atoms with van der Waals surface area (Å²) in [6.07, 6.45) is 4.07. The Hall–Kier alpha value is -4.54. The lowest BCUT2D eigenvalue weighted by Gasteiger charge is -2.17. The van der Waals surface area contributed by atoms with Crippen molar-refractivity contribution in [3.05, 3.63) is 93.5 Å². The molecule has 2 aromatic heterocycles. The molecule has 0 saturated heterocycles. The van der Waals surface area contributed by atoms with Gasteiger partial charge in [0.15, 0.2) is 0 Å². The molecule has 3 N–H and O–H groups in total. The molecule has 1 fully saturated rings. The molecule has 3 aromatic carbocycles. The van der Waals surface area contributed by atoms with Gasteiger partial charge in [-0.1, -0.05) is 30.3 Å². The molecule has 1 aliphatic rings. The number of nitrogens with one attached hydrogen (secondary N) is 1. The molecule has 0 bridgehead atoms. The van der Waals surface area contributed by atoms with Crippen LogP contribution in [0.2, 0.25) is 0 Å². The lowest BCUT2D eigenvalue weighted by atomic mass is 9.87. The normalized spacial score (nSPS) is 13.1. The fourth-order valence-electron chi connectivity index (χ4n) is 5.25. The first-order valence-electron chi connectivity index (χ1n) is 12.4. The number of H-pyrrole nitrogens is 1. The number of nitrogens with two attached hydrogens (primary N) is 1. The van der Waals surface area contributed by atoms with Gasteiger partial charge in [0.2, 0.25) is 0 Å². The minimum Gasteiger partial charge on any atom is -0.325 e. The van der Waals surface area contributed by atoms with Crippen LogP contribution in [0.4, 0.5) is 0 Å². The monoisotopic (exact) mass is 486 g/mol. The fourth-order valence-corrected chi connectivity index (χ4v) is 5.25. The zero-order chi connectivity index (χ0) is 25.7. The molecule has 2 heterocycles. The molecule has 0 amide bonds. The van der Waals surface area contributed by atoms with Gasteiger partial charge in [-0.15, -0.1) is 0 Å². The molecule has 0 atom stereocenters. The summed E-state index contributed by atoms with van der Waals surface area (Å²) in [7, 11) is 1.92. The zero-order valence-corrected chi connectivity index (χ0v) is 20.7. The average molecular weight is 487 g/mol. The maximum Gasteiger partial charge on any atom is 0.272 e. The summed E-state index contributed by atoms with van der Waals surface area (Å²) in [5.41, 5.74) is 15.2. The first-order chi connectivity index (χ1) is 18.0. The molecule has 7 nitrogen and oxygen atoms in total. The molecule has 0 radical (unpaired) electrons. The largest absolute Gasteiger partial charge is 0.325 e. The van der Waals surface area contributed by atoms with Crippen LogP contribution >= 0.6 is 0 Å². The quantitative estimate of drug-likeness (QED) is 0.356. The van der Waals surface area contributed by atoms with Gasteiger partial charge in [-0.05, 0) is 77.8 Å². The van der Waals surface area contributed by atoms with E-state index in [4.69, 9.17) is 5.73 Å². The number of aryl methyl sites for hydroxylation is 2. The van der Waals surface area contributed by atoms with Crippen molar-refractivity contribution in [3.8, 4) is 39.6 Å². The number of rotatable bonds is 5. The first-order valence-corrected chi connectivity index (χ1v) is 12.4. The van der Waals surface area contributed by atoms with Crippen molar-refractivity contribution in [1.82, 2.24) is 20.0 Å². The second kappa shape index (κ2) is 8.84. The maximum atomic E-state index is 12.4. The molecule has 0 unspecified atom stereocenters. The van der Waals surface area contributed by atoms with Gasteiger partial charge in [-0.3, -0.25) is 9.48 Å². The highest BCUT2D eigenvalue weighted by molar-refractivity contribution is 5.95. The van der Waals surface area contributed by atoms with Crippen molar-refractivity contribution in [2.24, 2.45) is 12.8 Å². The predicted molar refractivity (Wildman–Crippen MR) is 145 cm³/mol. The number of aromatic amines is 1. The third kappa shape index (κ3) is 3.83. The predicted octanol–water partition coefficient (Wildman–Crippen LogP) is 5.17. The summed E-state index contributed by atoms with van der Waals surface area (Å²) in [6, 6.07) is 20.7. The molecule has 0 spiro atoms. The Labute approximate surface area is 214 Å². The van der Waals surface area contributed by atoms with E-state index in [2.05, 4.69) is 46.5 Å². The van der Waals surface area contributed by atoms with Crippen molar-refractivity contribution in [2.45, 2.75) is 32.2 Å². The Morgan fingerprint density at radius 1 is 1.05 bits per heavy atom. The number of hydrogen-bond donors (Lipinski definition) is 2. The summed E-state index contributed by atoms with van der Waals surface area (Å²) >= 11 is 0. The van der Waals surface area contributed by atoms with Gasteiger partial charge in [0.05, 0.1) is 34.6 Å². The van der Waals surface area contributed by atoms with Gasteiger partial charge >= 0.3 is 0 Å². The van der Waals surface area contributed by atoms with Crippen molar-refractivity contribution in [2.75, 3.05) is 0 Å². The summed E-state index contributed by atoms with van der Waals surface area (Å²) in [5.74, 6) is 0.443. The Kier molecular flexibility index (Phi) is 5.47. The van der Waals surface area contributed by atoms with Crippen LogP contribution in [0.1, 0.15) is 41.1 Å². The van der Waals surface area contributed by atoms with Crippen LogP contribution in [0, 0.1) is 18.3 Å². The van der Waals surface area contributed by atoms with Crippen LogP contribution in [0.3, 0.4) is 0 Å². The van der Waals surface area contributed by atoms with Crippen molar-refractivity contribution >= 4 is 10.8 Å². The number of nitriles is 1. The lowest BCUT2D eigenvalue weighted by Crippen LogP contribution is -2.13. The number of hydrogen-bond acceptors (Lipinski definition) is 5. The minimum absolute atomic E-state index is 0.211. The van der Waals surface area contributed by atoms with Crippen LogP contribution in [-0.2, 0) is 13.6 Å². The Balaban J connectivity index is 1.63. The topological polar surface area (TPSA) is 113 Å². The maximum absolute atomic E-state index is 12.4. The van der Waals surface area contributed by atoms with E-state index >= 15 is 0 Å². The van der Waals surface area contributed by atoms with E-state index in [1.807, 2.05) is 48.3 Å². The highest BCUT2D eigenvalue weighted by atomic mass is 16.1. The molecule has 5 aromatic rings. The van der Waals surface area contributed by atoms with Gasteiger partial charge in [-0.2, -0.15) is 15.5 Å². The van der Waals surface area contributed by atoms with Crippen LogP contribution in [-0.4, -0.2) is 20.0 Å². The third-order valence-corrected chi connectivity index (χ3v) is 7.33. The Bertz CT molecular complexity index is 1780. The Morgan fingerprint density at radius 3 is 2.59 bits per heavy atom. The summed E-state index contributed by atoms with van der Waals surface area (Å²) in [6.45, 7) is 2.32. The van der Waals surface area contributed by atoms with E-state index in [-0.39, 0.29) is 12.1 Å². The van der Waals surface area contributed by atoms with Crippen molar-refractivity contribution < 1.29 is 0 Å². The fraction of sp³-hybridized carbons (Fsp3) is 0.200. The Morgan fingerprint density at radius 2 is 1.86 bits per heavy atom. The molecule has 182 valence electrons. The molecule has 37 heavy (non-hydrogen) atoms. The second-order valence-corrected chi connectivity index (χ2v) is 9.68. The number of benzene rings is 3. The molecule has 0 aliphatic heterocycles. The van der Waals surface area contributed by atoms with E-state index in [9.17, 15) is 10.1 Å². The van der Waals surface area contributed by atoms with Crippen LogP contribution in [0.25, 0.3) is 44.3 Å². The standard InChI is InChI=1S/C30H26N6O/c1-17-5-3-4-6-21(17)24-13-23(18-7-8-18)20(14-31)12-26(24)29-27(16-33-36(29)2)19-9-10-22-25(11-19)28(15-32)34-35-30(22)37/h3-6,9-13,16,18H,7-8,15,32H2,1-2H3,(H,35,37). The summed E-state index contributed by atoms with van der Waals surface area (Å²) in [4.78, 5) is 12.4. The van der Waals surface area contributed by atoms with E-state index in [1.54, 1.807) is 6.07 Å². The molecular formula is C30H26N6O. The van der Waals surface area contributed by atoms with Crippen LogP contribution < -0.4 is 11.3 Å². The number of aromatic nitrogens is 4. The van der Waals surface area contributed by atoms with Crippen LogP contribution in [0.5, 0.6) is 0 Å². The number of nitrogens with zero attached hydrogens (tertiary/aromatic N) is 4. The zero-order valence-electron chi connectivity index (χ0n) is 20.7. The average Bonchev–Trinajstić information content (AvgIpc) is 3.69. The highest BCUT2D eigenvalue weighted by Gasteiger charge is 2.29. The van der Waals surface area contributed by atoms with E-state index < -0.39 is 0 Å². The minimum atomic E-state index is -0.249. The summed E-state index contributed by atoms with van der Waals surface area (Å²) < 4.78 is 1.86. The smallest absolute Gasteiger partial charge is 0.272 e. The number of fused-ring (bicyclic) bond motifs is 1. The van der Waals surface area contributed by atoms with Gasteiger partial charge in [-0.25, -0.2) is 5.10 Å². The molecule has 1 saturated carbocycles. The summed E-state index contributed by atoms with van der Waals surface area (Å²) in [5, 5.41) is 22.6. The van der Waals surface area contributed by atoms with Crippen LogP contribution in [0.15, 0.2) is 65.6 Å². The third-order valence-electron chi connectivity index (χ3n) is 7.33. The van der Waals surface area contributed by atoms with E-state index in [0.29, 0.717) is 22.6 Å². The SMILES string of the molecule is Cc1ccccc1-c1cc(C2CC2)c(C#N)cc1-c1c(-c2ccc3c(=O)[nH]nc(CN)c3c2)cnn1C. The highest BCUT2D eigenvalue weighted by Crippen LogP contribution is 2.47. The molecule has 7 heteroatoms. The first kappa shape index (κ1) is 22.9. The van der Waals surface area contributed by atoms with Crippen molar-refractivity contribution in [1.29, 1.82) is 5.26 Å². The van der Waals surface area contributed by atoms with Gasteiger partial charge in [0, 0.05) is 30.1 Å². The molecular weight excluding hydrogens is 460 g/mol. The second-order valence-electron chi connectivity index (χ2n) is 9.68. The van der Waals surface area contributed by atoms with Gasteiger partial charge in [0.1, 0.15) is 0 Å².